The first-order valence-corrected chi connectivity index (χ1v) is 4.33. The van der Waals surface area contributed by atoms with E-state index in [0.29, 0.717) is 5.75 Å². The molecule has 1 aromatic rings. The van der Waals surface area contributed by atoms with Crippen molar-refractivity contribution in [2.45, 2.75) is 0 Å². The minimum absolute atomic E-state index is 0.153. The summed E-state index contributed by atoms with van der Waals surface area (Å²) in [6, 6.07) is 5.21. The average Bonchev–Trinajstić information content (AvgIpc) is 2.05. The monoisotopic (exact) mass is 228 g/mol. The summed E-state index contributed by atoms with van der Waals surface area (Å²) in [5.74, 6) is 0.641. The maximum Gasteiger partial charge on any atom is 0.160 e. The number of phenols is 1. The van der Waals surface area contributed by atoms with Gasteiger partial charge in [0.05, 0.1) is 7.11 Å². The van der Waals surface area contributed by atoms with E-state index in [-0.39, 0.29) is 5.75 Å². The fourth-order valence-corrected chi connectivity index (χ4v) is 1.19. The highest BCUT2D eigenvalue weighted by Gasteiger charge is 1.99. The van der Waals surface area contributed by atoms with Gasteiger partial charge in [0, 0.05) is 0 Å². The standard InChI is InChI=1S/C9H9BrO2/c1-12-9-3-2-7(4-5-10)6-8(9)11/h2-6,11H,1H3. The van der Waals surface area contributed by atoms with Gasteiger partial charge in [0.2, 0.25) is 0 Å². The van der Waals surface area contributed by atoms with Crippen molar-refractivity contribution in [2.75, 3.05) is 7.11 Å². The molecule has 0 amide bonds. The number of methoxy groups -OCH3 is 1. The summed E-state index contributed by atoms with van der Waals surface area (Å²) in [6.07, 6.45) is 1.83. The highest BCUT2D eigenvalue weighted by Crippen LogP contribution is 2.26. The maximum atomic E-state index is 9.34. The molecule has 0 saturated heterocycles. The van der Waals surface area contributed by atoms with Gasteiger partial charge in [0.1, 0.15) is 0 Å². The Bertz CT molecular complexity index is 295. The number of phenolic OH excluding ortho intramolecular Hbond substituents is 1. The first-order chi connectivity index (χ1) is 5.77. The Balaban J connectivity index is 3.01. The molecular formula is C9H9BrO2. The highest BCUT2D eigenvalue weighted by atomic mass is 79.9. The second-order valence-electron chi connectivity index (χ2n) is 2.22. The molecule has 0 unspecified atom stereocenters. The van der Waals surface area contributed by atoms with Gasteiger partial charge >= 0.3 is 0 Å². The largest absolute Gasteiger partial charge is 0.504 e. The molecule has 0 saturated carbocycles. The van der Waals surface area contributed by atoms with Crippen molar-refractivity contribution >= 4 is 22.0 Å². The first kappa shape index (κ1) is 9.13. The molecule has 3 heteroatoms. The van der Waals surface area contributed by atoms with Crippen LogP contribution in [0.1, 0.15) is 5.56 Å². The summed E-state index contributed by atoms with van der Waals surface area (Å²) in [6.45, 7) is 0. The SMILES string of the molecule is COc1ccc(C=CBr)cc1O. The van der Waals surface area contributed by atoms with Gasteiger partial charge in [-0.05, 0) is 28.8 Å². The van der Waals surface area contributed by atoms with E-state index < -0.39 is 0 Å². The van der Waals surface area contributed by atoms with Crippen LogP contribution in [0.4, 0.5) is 0 Å². The van der Waals surface area contributed by atoms with Crippen LogP contribution in [0.15, 0.2) is 23.2 Å². The van der Waals surface area contributed by atoms with E-state index in [4.69, 9.17) is 4.74 Å². The number of hydrogen-bond donors (Lipinski definition) is 1. The highest BCUT2D eigenvalue weighted by molar-refractivity contribution is 9.11. The van der Waals surface area contributed by atoms with Gasteiger partial charge in [0.25, 0.3) is 0 Å². The summed E-state index contributed by atoms with van der Waals surface area (Å²) in [5, 5.41) is 9.34. The number of hydrogen-bond acceptors (Lipinski definition) is 2. The zero-order valence-electron chi connectivity index (χ0n) is 6.62. The van der Waals surface area contributed by atoms with Gasteiger partial charge in [-0.1, -0.05) is 22.0 Å². The second kappa shape index (κ2) is 4.16. The van der Waals surface area contributed by atoms with Crippen molar-refractivity contribution in [1.29, 1.82) is 0 Å². The number of ether oxygens (including phenoxy) is 1. The molecule has 1 aromatic carbocycles. The summed E-state index contributed by atoms with van der Waals surface area (Å²) in [4.78, 5) is 1.73. The maximum absolute atomic E-state index is 9.34. The molecule has 0 bridgehead atoms. The molecular weight excluding hydrogens is 220 g/mol. The van der Waals surface area contributed by atoms with Crippen molar-refractivity contribution in [3.63, 3.8) is 0 Å². The number of rotatable bonds is 2. The number of halogens is 1. The van der Waals surface area contributed by atoms with E-state index in [0.717, 1.165) is 5.56 Å². The molecule has 0 aliphatic rings. The van der Waals surface area contributed by atoms with Crippen LogP contribution in [0.3, 0.4) is 0 Å². The molecule has 0 spiro atoms. The van der Waals surface area contributed by atoms with Crippen molar-refractivity contribution < 1.29 is 9.84 Å². The second-order valence-corrected chi connectivity index (χ2v) is 2.75. The molecule has 0 atom stereocenters. The van der Waals surface area contributed by atoms with Crippen LogP contribution >= 0.6 is 15.9 Å². The fourth-order valence-electron chi connectivity index (χ4n) is 0.883. The third-order valence-corrected chi connectivity index (χ3v) is 1.72. The van der Waals surface area contributed by atoms with Crippen molar-refractivity contribution in [3.8, 4) is 11.5 Å². The predicted molar refractivity (Wildman–Crippen MR) is 52.6 cm³/mol. The van der Waals surface area contributed by atoms with E-state index in [9.17, 15) is 5.11 Å². The molecule has 12 heavy (non-hydrogen) atoms. The lowest BCUT2D eigenvalue weighted by Crippen LogP contribution is -1.83. The molecule has 0 radical (unpaired) electrons. The quantitative estimate of drug-likeness (QED) is 0.844. The third-order valence-electron chi connectivity index (χ3n) is 1.46. The fraction of sp³-hybridized carbons (Fsp3) is 0.111. The topological polar surface area (TPSA) is 29.5 Å². The average molecular weight is 229 g/mol. The van der Waals surface area contributed by atoms with Gasteiger partial charge in [0.15, 0.2) is 11.5 Å². The molecule has 1 rings (SSSR count). The Morgan fingerprint density at radius 1 is 1.50 bits per heavy atom. The summed E-state index contributed by atoms with van der Waals surface area (Å²) in [7, 11) is 1.52. The Hall–Kier alpha value is -0.960. The van der Waals surface area contributed by atoms with E-state index in [2.05, 4.69) is 15.9 Å². The zero-order valence-corrected chi connectivity index (χ0v) is 8.21. The summed E-state index contributed by atoms with van der Waals surface area (Å²) < 4.78 is 4.89. The summed E-state index contributed by atoms with van der Waals surface area (Å²) in [5.41, 5.74) is 0.921. The molecule has 64 valence electrons. The van der Waals surface area contributed by atoms with Crippen LogP contribution in [0.2, 0.25) is 0 Å². The minimum atomic E-state index is 0.153. The lowest BCUT2D eigenvalue weighted by molar-refractivity contribution is 0.373. The summed E-state index contributed by atoms with van der Waals surface area (Å²) >= 11 is 3.15. The van der Waals surface area contributed by atoms with Gasteiger partial charge in [-0.25, -0.2) is 0 Å². The smallest absolute Gasteiger partial charge is 0.160 e. The van der Waals surface area contributed by atoms with Crippen LogP contribution < -0.4 is 4.74 Å². The molecule has 1 N–H and O–H groups in total. The zero-order chi connectivity index (χ0) is 8.97. The van der Waals surface area contributed by atoms with Crippen LogP contribution in [0.25, 0.3) is 6.08 Å². The van der Waals surface area contributed by atoms with Gasteiger partial charge in [-0.3, -0.25) is 0 Å². The van der Waals surface area contributed by atoms with E-state index in [1.54, 1.807) is 17.1 Å². The van der Waals surface area contributed by atoms with Crippen LogP contribution in [-0.4, -0.2) is 12.2 Å². The van der Waals surface area contributed by atoms with Gasteiger partial charge in [-0.2, -0.15) is 0 Å². The molecule has 0 heterocycles. The predicted octanol–water partition coefficient (Wildman–Crippen LogP) is 2.77. The Morgan fingerprint density at radius 2 is 2.25 bits per heavy atom. The van der Waals surface area contributed by atoms with Gasteiger partial charge in [-0.15, -0.1) is 0 Å². The van der Waals surface area contributed by atoms with Crippen molar-refractivity contribution in [1.82, 2.24) is 0 Å². The molecule has 0 aromatic heterocycles. The minimum Gasteiger partial charge on any atom is -0.504 e. The Kier molecular flexibility index (Phi) is 3.17. The Labute approximate surface area is 79.6 Å². The lowest BCUT2D eigenvalue weighted by atomic mass is 10.2. The van der Waals surface area contributed by atoms with E-state index >= 15 is 0 Å². The number of benzene rings is 1. The van der Waals surface area contributed by atoms with E-state index in [1.807, 2.05) is 12.1 Å². The molecule has 0 aliphatic carbocycles. The van der Waals surface area contributed by atoms with Crippen LogP contribution in [-0.2, 0) is 0 Å². The lowest BCUT2D eigenvalue weighted by Gasteiger charge is -2.02. The van der Waals surface area contributed by atoms with Crippen molar-refractivity contribution in [3.05, 3.63) is 28.7 Å². The third kappa shape index (κ3) is 2.01. The van der Waals surface area contributed by atoms with Crippen LogP contribution in [0, 0.1) is 0 Å². The molecule has 0 fully saturated rings. The van der Waals surface area contributed by atoms with E-state index in [1.165, 1.54) is 7.11 Å². The normalized spacial score (nSPS) is 10.5. The van der Waals surface area contributed by atoms with Crippen LogP contribution in [0.5, 0.6) is 11.5 Å². The molecule has 2 nitrogen and oxygen atoms in total. The first-order valence-electron chi connectivity index (χ1n) is 3.41. The van der Waals surface area contributed by atoms with Gasteiger partial charge < -0.3 is 9.84 Å². The Morgan fingerprint density at radius 3 is 2.75 bits per heavy atom. The number of aromatic hydroxyl groups is 1. The molecule has 0 aliphatic heterocycles. The van der Waals surface area contributed by atoms with Crippen molar-refractivity contribution in [2.24, 2.45) is 0 Å².